The van der Waals surface area contributed by atoms with Gasteiger partial charge in [-0.2, -0.15) is 0 Å². The molecular formula is C19H29NO5. The summed E-state index contributed by atoms with van der Waals surface area (Å²) in [5, 5.41) is 0. The molecule has 2 rings (SSSR count). The Morgan fingerprint density at radius 1 is 1.08 bits per heavy atom. The van der Waals surface area contributed by atoms with Crippen molar-refractivity contribution in [1.82, 2.24) is 4.90 Å². The fourth-order valence-corrected chi connectivity index (χ4v) is 2.85. The van der Waals surface area contributed by atoms with Crippen molar-refractivity contribution in [3.8, 4) is 17.2 Å². The standard InChI is InChI=1S/C19H29NO5/c1-4-5-11-24-15-13-16(22-2)18(17(14-15)23-3)19(21)25-12-10-20-8-6-7-9-20/h13-14H,4-12H2,1-3H3. The molecule has 1 aromatic rings. The molecule has 1 heterocycles. The molecular weight excluding hydrogens is 322 g/mol. The lowest BCUT2D eigenvalue weighted by Crippen LogP contribution is -2.25. The van der Waals surface area contributed by atoms with Gasteiger partial charge >= 0.3 is 5.97 Å². The van der Waals surface area contributed by atoms with E-state index in [-0.39, 0.29) is 0 Å². The van der Waals surface area contributed by atoms with E-state index in [1.165, 1.54) is 27.1 Å². The summed E-state index contributed by atoms with van der Waals surface area (Å²) in [5.74, 6) is 0.984. The molecule has 6 heteroatoms. The van der Waals surface area contributed by atoms with E-state index in [2.05, 4.69) is 11.8 Å². The smallest absolute Gasteiger partial charge is 0.345 e. The van der Waals surface area contributed by atoms with Crippen LogP contribution in [0.4, 0.5) is 0 Å². The lowest BCUT2D eigenvalue weighted by atomic mass is 10.1. The van der Waals surface area contributed by atoms with Crippen LogP contribution in [0.2, 0.25) is 0 Å². The number of ether oxygens (including phenoxy) is 4. The van der Waals surface area contributed by atoms with Crippen molar-refractivity contribution in [2.24, 2.45) is 0 Å². The second-order valence-corrected chi connectivity index (χ2v) is 6.09. The molecule has 0 N–H and O–H groups in total. The normalized spacial score (nSPS) is 14.4. The van der Waals surface area contributed by atoms with Crippen molar-refractivity contribution in [2.45, 2.75) is 32.6 Å². The van der Waals surface area contributed by atoms with Gasteiger partial charge < -0.3 is 18.9 Å². The summed E-state index contributed by atoms with van der Waals surface area (Å²) in [4.78, 5) is 14.8. The molecule has 1 aliphatic rings. The van der Waals surface area contributed by atoms with Crippen LogP contribution in [0.3, 0.4) is 0 Å². The van der Waals surface area contributed by atoms with Crippen LogP contribution in [0, 0.1) is 0 Å². The Kier molecular flexibility index (Phi) is 7.85. The van der Waals surface area contributed by atoms with Gasteiger partial charge in [0.05, 0.1) is 20.8 Å². The molecule has 0 spiro atoms. The average molecular weight is 351 g/mol. The number of hydrogen-bond donors (Lipinski definition) is 0. The van der Waals surface area contributed by atoms with E-state index in [0.29, 0.717) is 36.0 Å². The molecule has 25 heavy (non-hydrogen) atoms. The van der Waals surface area contributed by atoms with Gasteiger partial charge in [-0.25, -0.2) is 4.79 Å². The van der Waals surface area contributed by atoms with Gasteiger partial charge in [-0.15, -0.1) is 0 Å². The third-order valence-electron chi connectivity index (χ3n) is 4.29. The third-order valence-corrected chi connectivity index (χ3v) is 4.29. The zero-order chi connectivity index (χ0) is 18.1. The molecule has 0 radical (unpaired) electrons. The number of carbonyl (C=O) groups excluding carboxylic acids is 1. The highest BCUT2D eigenvalue weighted by Crippen LogP contribution is 2.34. The highest BCUT2D eigenvalue weighted by molar-refractivity contribution is 5.96. The maximum Gasteiger partial charge on any atom is 0.345 e. The number of methoxy groups -OCH3 is 2. The number of nitrogens with zero attached hydrogens (tertiary/aromatic N) is 1. The first-order valence-corrected chi connectivity index (χ1v) is 8.97. The van der Waals surface area contributed by atoms with Gasteiger partial charge in [0.15, 0.2) is 0 Å². The molecule has 1 aromatic carbocycles. The number of carbonyl (C=O) groups is 1. The van der Waals surface area contributed by atoms with E-state index in [0.717, 1.165) is 32.5 Å². The second-order valence-electron chi connectivity index (χ2n) is 6.09. The van der Waals surface area contributed by atoms with Crippen molar-refractivity contribution in [2.75, 3.05) is 47.1 Å². The summed E-state index contributed by atoms with van der Waals surface area (Å²) in [6.45, 7) is 5.99. The van der Waals surface area contributed by atoms with E-state index in [1.807, 2.05) is 0 Å². The highest BCUT2D eigenvalue weighted by atomic mass is 16.5. The first-order chi connectivity index (χ1) is 12.2. The first-order valence-electron chi connectivity index (χ1n) is 8.97. The summed E-state index contributed by atoms with van der Waals surface area (Å²) in [6, 6.07) is 3.41. The minimum absolute atomic E-state index is 0.300. The Morgan fingerprint density at radius 3 is 2.28 bits per heavy atom. The van der Waals surface area contributed by atoms with E-state index in [4.69, 9.17) is 18.9 Å². The summed E-state index contributed by atoms with van der Waals surface area (Å²) in [6.07, 6.45) is 4.45. The van der Waals surface area contributed by atoms with E-state index in [9.17, 15) is 4.79 Å². The lowest BCUT2D eigenvalue weighted by molar-refractivity contribution is 0.0465. The van der Waals surface area contributed by atoms with Crippen molar-refractivity contribution in [3.63, 3.8) is 0 Å². The molecule has 1 aliphatic heterocycles. The number of benzene rings is 1. The third kappa shape index (κ3) is 5.53. The van der Waals surface area contributed by atoms with Gasteiger partial charge in [0.1, 0.15) is 29.4 Å². The number of esters is 1. The van der Waals surface area contributed by atoms with Crippen molar-refractivity contribution in [1.29, 1.82) is 0 Å². The van der Waals surface area contributed by atoms with E-state index in [1.54, 1.807) is 12.1 Å². The van der Waals surface area contributed by atoms with Crippen molar-refractivity contribution >= 4 is 5.97 Å². The predicted octanol–water partition coefficient (Wildman–Crippen LogP) is 3.14. The molecule has 140 valence electrons. The molecule has 0 aromatic heterocycles. The topological polar surface area (TPSA) is 57.2 Å². The van der Waals surface area contributed by atoms with Crippen LogP contribution >= 0.6 is 0 Å². The lowest BCUT2D eigenvalue weighted by Gasteiger charge is -2.17. The maximum atomic E-state index is 12.5. The van der Waals surface area contributed by atoms with Gasteiger partial charge in [-0.3, -0.25) is 4.90 Å². The quantitative estimate of drug-likeness (QED) is 0.477. The number of rotatable bonds is 10. The SMILES string of the molecule is CCCCOc1cc(OC)c(C(=O)OCCN2CCCC2)c(OC)c1. The Bertz CT molecular complexity index is 530. The number of hydrogen-bond acceptors (Lipinski definition) is 6. The van der Waals surface area contributed by atoms with Crippen LogP contribution in [-0.2, 0) is 4.74 Å². The fraction of sp³-hybridized carbons (Fsp3) is 0.632. The second kappa shape index (κ2) is 10.1. The number of unbranched alkanes of at least 4 members (excludes halogenated alkanes) is 1. The molecule has 0 saturated carbocycles. The number of likely N-dealkylation sites (tertiary alicyclic amines) is 1. The van der Waals surface area contributed by atoms with Gasteiger partial charge in [0, 0.05) is 18.7 Å². The fourth-order valence-electron chi connectivity index (χ4n) is 2.85. The van der Waals surface area contributed by atoms with Crippen LogP contribution in [-0.4, -0.2) is 57.9 Å². The molecule has 0 bridgehead atoms. The molecule has 0 unspecified atom stereocenters. The average Bonchev–Trinajstić information content (AvgIpc) is 3.14. The van der Waals surface area contributed by atoms with Crippen LogP contribution in [0.1, 0.15) is 43.0 Å². The zero-order valence-corrected chi connectivity index (χ0v) is 15.5. The van der Waals surface area contributed by atoms with E-state index < -0.39 is 5.97 Å². The van der Waals surface area contributed by atoms with Crippen molar-refractivity contribution in [3.05, 3.63) is 17.7 Å². The molecule has 1 fully saturated rings. The summed E-state index contributed by atoms with van der Waals surface area (Å²) in [5.41, 5.74) is 0.300. The molecule has 1 saturated heterocycles. The summed E-state index contributed by atoms with van der Waals surface area (Å²) >= 11 is 0. The van der Waals surface area contributed by atoms with Gasteiger partial charge in [-0.1, -0.05) is 13.3 Å². The summed E-state index contributed by atoms with van der Waals surface area (Å²) in [7, 11) is 3.04. The van der Waals surface area contributed by atoms with Crippen molar-refractivity contribution < 1.29 is 23.7 Å². The first kappa shape index (κ1) is 19.4. The van der Waals surface area contributed by atoms with Crippen LogP contribution < -0.4 is 14.2 Å². The molecule has 6 nitrogen and oxygen atoms in total. The maximum absolute atomic E-state index is 12.5. The molecule has 0 amide bonds. The minimum Gasteiger partial charge on any atom is -0.496 e. The Balaban J connectivity index is 2.04. The van der Waals surface area contributed by atoms with Crippen LogP contribution in [0.5, 0.6) is 17.2 Å². The highest BCUT2D eigenvalue weighted by Gasteiger charge is 2.22. The van der Waals surface area contributed by atoms with Crippen LogP contribution in [0.15, 0.2) is 12.1 Å². The van der Waals surface area contributed by atoms with Gasteiger partial charge in [0.25, 0.3) is 0 Å². The Morgan fingerprint density at radius 2 is 1.72 bits per heavy atom. The van der Waals surface area contributed by atoms with E-state index >= 15 is 0 Å². The Hall–Kier alpha value is -1.95. The summed E-state index contributed by atoms with van der Waals surface area (Å²) < 4.78 is 21.9. The monoisotopic (exact) mass is 351 g/mol. The Labute approximate surface area is 150 Å². The largest absolute Gasteiger partial charge is 0.496 e. The van der Waals surface area contributed by atoms with Gasteiger partial charge in [-0.05, 0) is 32.4 Å². The molecule has 0 aliphatic carbocycles. The van der Waals surface area contributed by atoms with Gasteiger partial charge in [0.2, 0.25) is 0 Å². The zero-order valence-electron chi connectivity index (χ0n) is 15.5. The molecule has 0 atom stereocenters. The van der Waals surface area contributed by atoms with Crippen LogP contribution in [0.25, 0.3) is 0 Å². The predicted molar refractivity (Wildman–Crippen MR) is 95.9 cm³/mol. The minimum atomic E-state index is -0.437.